The second kappa shape index (κ2) is 8.19. The first-order valence-electron chi connectivity index (χ1n) is 6.38. The third-order valence-corrected chi connectivity index (χ3v) is 3.27. The van der Waals surface area contributed by atoms with Gasteiger partial charge in [-0.05, 0) is 37.9 Å². The Morgan fingerprint density at radius 1 is 1.25 bits per heavy atom. The van der Waals surface area contributed by atoms with Crippen LogP contribution in [0.1, 0.15) is 25.1 Å². The van der Waals surface area contributed by atoms with Gasteiger partial charge in [0.15, 0.2) is 5.82 Å². The smallest absolute Gasteiger partial charge is 0.258 e. The van der Waals surface area contributed by atoms with E-state index in [0.717, 1.165) is 30.8 Å². The van der Waals surface area contributed by atoms with Crippen molar-refractivity contribution in [1.29, 1.82) is 0 Å². The number of nitrogens with one attached hydrogen (secondary N) is 1. The molecule has 1 atom stereocenters. The molecule has 7 heteroatoms. The van der Waals surface area contributed by atoms with E-state index in [2.05, 4.69) is 20.4 Å². The molecule has 0 aromatic carbocycles. The average molecular weight is 317 g/mol. The highest BCUT2D eigenvalue weighted by Crippen LogP contribution is 2.17. The van der Waals surface area contributed by atoms with Gasteiger partial charge in [0.05, 0.1) is 0 Å². The molecular weight excluding hydrogens is 299 g/mol. The van der Waals surface area contributed by atoms with Gasteiger partial charge in [-0.2, -0.15) is 4.98 Å². The number of rotatable bonds is 4. The molecule has 20 heavy (non-hydrogen) atoms. The minimum Gasteiger partial charge on any atom is -0.334 e. The SMILES string of the molecule is Cl.Cl.c1cc(-c2nc(CCC3CCCN3)no2)ccn1. The van der Waals surface area contributed by atoms with Gasteiger partial charge in [-0.25, -0.2) is 0 Å². The van der Waals surface area contributed by atoms with Gasteiger partial charge in [-0.3, -0.25) is 4.98 Å². The zero-order valence-electron chi connectivity index (χ0n) is 11.0. The first-order chi connectivity index (χ1) is 8.92. The summed E-state index contributed by atoms with van der Waals surface area (Å²) in [4.78, 5) is 8.38. The summed E-state index contributed by atoms with van der Waals surface area (Å²) in [5.41, 5.74) is 0.919. The monoisotopic (exact) mass is 316 g/mol. The molecule has 1 saturated heterocycles. The molecule has 1 aliphatic heterocycles. The fraction of sp³-hybridized carbons (Fsp3) is 0.462. The number of hydrogen-bond acceptors (Lipinski definition) is 5. The first-order valence-corrected chi connectivity index (χ1v) is 6.38. The van der Waals surface area contributed by atoms with Crippen LogP contribution in [0.4, 0.5) is 0 Å². The second-order valence-corrected chi connectivity index (χ2v) is 4.58. The zero-order chi connectivity index (χ0) is 12.2. The lowest BCUT2D eigenvalue weighted by molar-refractivity contribution is 0.419. The standard InChI is InChI=1S/C13H16N4O.2ClH/c1-2-11(15-7-1)3-4-12-16-13(18-17-12)10-5-8-14-9-6-10;;/h5-6,8-9,11,15H,1-4,7H2;2*1H. The van der Waals surface area contributed by atoms with Gasteiger partial charge in [0, 0.05) is 30.4 Å². The van der Waals surface area contributed by atoms with Crippen molar-refractivity contribution in [1.82, 2.24) is 20.4 Å². The van der Waals surface area contributed by atoms with Gasteiger partial charge in [0.25, 0.3) is 5.89 Å². The van der Waals surface area contributed by atoms with Crippen LogP contribution < -0.4 is 5.32 Å². The molecule has 110 valence electrons. The van der Waals surface area contributed by atoms with Crippen molar-refractivity contribution in [2.45, 2.75) is 31.7 Å². The lowest BCUT2D eigenvalue weighted by Gasteiger charge is -2.06. The third kappa shape index (κ3) is 4.16. The Kier molecular flexibility index (Phi) is 6.91. The number of pyridine rings is 1. The molecule has 1 N–H and O–H groups in total. The van der Waals surface area contributed by atoms with E-state index in [1.165, 1.54) is 12.8 Å². The van der Waals surface area contributed by atoms with E-state index in [0.29, 0.717) is 11.9 Å². The Balaban J connectivity index is 0.000001000. The summed E-state index contributed by atoms with van der Waals surface area (Å²) in [6, 6.07) is 4.36. The molecule has 0 spiro atoms. The van der Waals surface area contributed by atoms with Crippen LogP contribution in [0, 0.1) is 0 Å². The van der Waals surface area contributed by atoms with Crippen molar-refractivity contribution < 1.29 is 4.52 Å². The molecule has 0 radical (unpaired) electrons. The van der Waals surface area contributed by atoms with Crippen molar-refractivity contribution in [3.63, 3.8) is 0 Å². The Labute approximate surface area is 130 Å². The zero-order valence-corrected chi connectivity index (χ0v) is 12.6. The van der Waals surface area contributed by atoms with Crippen molar-refractivity contribution in [3.05, 3.63) is 30.4 Å². The summed E-state index contributed by atoms with van der Waals surface area (Å²) in [5.74, 6) is 1.36. The third-order valence-electron chi connectivity index (χ3n) is 3.27. The maximum atomic E-state index is 5.26. The normalized spacial score (nSPS) is 17.3. The van der Waals surface area contributed by atoms with E-state index in [1.807, 2.05) is 12.1 Å². The molecular formula is C13H18Cl2N4O. The lowest BCUT2D eigenvalue weighted by Crippen LogP contribution is -2.21. The molecule has 3 rings (SSSR count). The highest BCUT2D eigenvalue weighted by molar-refractivity contribution is 5.85. The van der Waals surface area contributed by atoms with E-state index in [9.17, 15) is 0 Å². The Hall–Kier alpha value is -1.17. The largest absolute Gasteiger partial charge is 0.334 e. The number of nitrogens with zero attached hydrogens (tertiary/aromatic N) is 3. The Morgan fingerprint density at radius 2 is 2.05 bits per heavy atom. The lowest BCUT2D eigenvalue weighted by atomic mass is 10.1. The van der Waals surface area contributed by atoms with Crippen LogP contribution in [0.3, 0.4) is 0 Å². The molecule has 2 aromatic rings. The van der Waals surface area contributed by atoms with E-state index < -0.39 is 0 Å². The predicted octanol–water partition coefficient (Wildman–Crippen LogP) is 2.66. The first kappa shape index (κ1) is 16.9. The number of aryl methyl sites for hydroxylation is 1. The minimum atomic E-state index is 0. The molecule has 0 saturated carbocycles. The topological polar surface area (TPSA) is 63.8 Å². The molecule has 0 bridgehead atoms. The van der Waals surface area contributed by atoms with Crippen molar-refractivity contribution in [2.24, 2.45) is 0 Å². The van der Waals surface area contributed by atoms with Crippen LogP contribution >= 0.6 is 24.8 Å². The fourth-order valence-electron chi connectivity index (χ4n) is 2.27. The summed E-state index contributed by atoms with van der Waals surface area (Å²) in [6.45, 7) is 1.14. The number of aromatic nitrogens is 3. The highest BCUT2D eigenvalue weighted by atomic mass is 35.5. The number of hydrogen-bond donors (Lipinski definition) is 1. The van der Waals surface area contributed by atoms with Crippen LogP contribution in [-0.2, 0) is 6.42 Å². The van der Waals surface area contributed by atoms with Gasteiger partial charge in [0.2, 0.25) is 0 Å². The molecule has 3 heterocycles. The minimum absolute atomic E-state index is 0. The summed E-state index contributed by atoms with van der Waals surface area (Å²) < 4.78 is 5.26. The van der Waals surface area contributed by atoms with E-state index in [4.69, 9.17) is 4.52 Å². The molecule has 0 aliphatic carbocycles. The summed E-state index contributed by atoms with van der Waals surface area (Å²) in [7, 11) is 0. The van der Waals surface area contributed by atoms with Crippen LogP contribution in [-0.4, -0.2) is 27.7 Å². The Bertz CT molecular complexity index is 500. The maximum Gasteiger partial charge on any atom is 0.258 e. The molecule has 5 nitrogen and oxygen atoms in total. The van der Waals surface area contributed by atoms with E-state index in [-0.39, 0.29) is 24.8 Å². The molecule has 1 aliphatic rings. The van der Waals surface area contributed by atoms with Crippen LogP contribution in [0.5, 0.6) is 0 Å². The number of halogens is 2. The molecule has 0 amide bonds. The summed E-state index contributed by atoms with van der Waals surface area (Å²) in [5, 5.41) is 7.49. The fourth-order valence-corrected chi connectivity index (χ4v) is 2.27. The quantitative estimate of drug-likeness (QED) is 0.939. The van der Waals surface area contributed by atoms with Gasteiger partial charge >= 0.3 is 0 Å². The van der Waals surface area contributed by atoms with Gasteiger partial charge < -0.3 is 9.84 Å². The van der Waals surface area contributed by atoms with Gasteiger partial charge in [0.1, 0.15) is 0 Å². The molecule has 1 unspecified atom stereocenters. The predicted molar refractivity (Wildman–Crippen MR) is 81.4 cm³/mol. The Morgan fingerprint density at radius 3 is 2.75 bits per heavy atom. The molecule has 1 fully saturated rings. The second-order valence-electron chi connectivity index (χ2n) is 4.58. The highest BCUT2D eigenvalue weighted by Gasteiger charge is 2.15. The van der Waals surface area contributed by atoms with Crippen LogP contribution in [0.25, 0.3) is 11.5 Å². The van der Waals surface area contributed by atoms with Gasteiger partial charge in [-0.1, -0.05) is 5.16 Å². The summed E-state index contributed by atoms with van der Waals surface area (Å²) in [6.07, 6.45) is 7.93. The van der Waals surface area contributed by atoms with Crippen LogP contribution in [0.2, 0.25) is 0 Å². The van der Waals surface area contributed by atoms with E-state index >= 15 is 0 Å². The van der Waals surface area contributed by atoms with Crippen molar-refractivity contribution >= 4 is 24.8 Å². The van der Waals surface area contributed by atoms with E-state index in [1.54, 1.807) is 12.4 Å². The van der Waals surface area contributed by atoms with Crippen LogP contribution in [0.15, 0.2) is 29.0 Å². The summed E-state index contributed by atoms with van der Waals surface area (Å²) >= 11 is 0. The van der Waals surface area contributed by atoms with Crippen molar-refractivity contribution in [3.8, 4) is 11.5 Å². The maximum absolute atomic E-state index is 5.26. The molecule has 2 aromatic heterocycles. The van der Waals surface area contributed by atoms with Gasteiger partial charge in [-0.15, -0.1) is 24.8 Å². The van der Waals surface area contributed by atoms with Crippen molar-refractivity contribution in [2.75, 3.05) is 6.54 Å². The average Bonchev–Trinajstić information content (AvgIpc) is 3.09.